The van der Waals surface area contributed by atoms with Gasteiger partial charge in [0.2, 0.25) is 0 Å². The second kappa shape index (κ2) is 7.07. The van der Waals surface area contributed by atoms with Crippen LogP contribution < -0.4 is 10.1 Å². The third-order valence-electron chi connectivity index (χ3n) is 2.98. The summed E-state index contributed by atoms with van der Waals surface area (Å²) in [5, 5.41) is 4.16. The SMILES string of the molecule is CCNC(c1cncc(OC)c1)c1cc(Br)ccc1Cl. The molecular formula is C15H16BrClN2O. The maximum Gasteiger partial charge on any atom is 0.137 e. The fourth-order valence-electron chi connectivity index (χ4n) is 2.05. The fourth-order valence-corrected chi connectivity index (χ4v) is 2.66. The van der Waals surface area contributed by atoms with Gasteiger partial charge in [0.25, 0.3) is 0 Å². The van der Waals surface area contributed by atoms with Crippen molar-refractivity contribution in [2.24, 2.45) is 0 Å². The molecule has 0 aliphatic heterocycles. The zero-order valence-electron chi connectivity index (χ0n) is 11.4. The molecule has 0 aliphatic rings. The van der Waals surface area contributed by atoms with Crippen LogP contribution in [0.3, 0.4) is 0 Å². The predicted molar refractivity (Wildman–Crippen MR) is 85.5 cm³/mol. The van der Waals surface area contributed by atoms with Crippen LogP contribution in [0.4, 0.5) is 0 Å². The number of nitrogens with zero attached hydrogens (tertiary/aromatic N) is 1. The Bertz CT molecular complexity index is 592. The van der Waals surface area contributed by atoms with E-state index in [1.54, 1.807) is 13.3 Å². The van der Waals surface area contributed by atoms with Gasteiger partial charge in [-0.3, -0.25) is 4.98 Å². The van der Waals surface area contributed by atoms with E-state index in [2.05, 4.69) is 33.2 Å². The van der Waals surface area contributed by atoms with Crippen molar-refractivity contribution in [2.45, 2.75) is 13.0 Å². The van der Waals surface area contributed by atoms with Crippen molar-refractivity contribution in [1.29, 1.82) is 0 Å². The molecule has 0 fully saturated rings. The minimum atomic E-state index is -0.0207. The molecule has 1 aromatic carbocycles. The maximum absolute atomic E-state index is 6.34. The van der Waals surface area contributed by atoms with Gasteiger partial charge in [0, 0.05) is 15.7 Å². The number of pyridine rings is 1. The smallest absolute Gasteiger partial charge is 0.137 e. The summed E-state index contributed by atoms with van der Waals surface area (Å²) in [6, 6.07) is 7.79. The highest BCUT2D eigenvalue weighted by Gasteiger charge is 2.17. The summed E-state index contributed by atoms with van der Waals surface area (Å²) in [5.41, 5.74) is 2.03. The molecule has 1 unspecified atom stereocenters. The minimum absolute atomic E-state index is 0.0207. The summed E-state index contributed by atoms with van der Waals surface area (Å²) in [5.74, 6) is 0.733. The Hall–Kier alpha value is -1.10. The lowest BCUT2D eigenvalue weighted by Gasteiger charge is -2.20. The third kappa shape index (κ3) is 3.51. The lowest BCUT2D eigenvalue weighted by Crippen LogP contribution is -2.22. The normalized spacial score (nSPS) is 12.2. The summed E-state index contributed by atoms with van der Waals surface area (Å²) < 4.78 is 6.24. The van der Waals surface area contributed by atoms with Gasteiger partial charge in [0.05, 0.1) is 19.3 Å². The molecule has 20 heavy (non-hydrogen) atoms. The Morgan fingerprint density at radius 2 is 2.15 bits per heavy atom. The van der Waals surface area contributed by atoms with Crippen LogP contribution in [0.5, 0.6) is 5.75 Å². The van der Waals surface area contributed by atoms with Crippen LogP contribution in [-0.2, 0) is 0 Å². The van der Waals surface area contributed by atoms with Gasteiger partial charge in [-0.15, -0.1) is 0 Å². The number of hydrogen-bond donors (Lipinski definition) is 1. The molecule has 0 aliphatic carbocycles. The van der Waals surface area contributed by atoms with Gasteiger partial charge in [-0.25, -0.2) is 0 Å². The van der Waals surface area contributed by atoms with Crippen molar-refractivity contribution < 1.29 is 4.74 Å². The number of rotatable bonds is 5. The van der Waals surface area contributed by atoms with E-state index >= 15 is 0 Å². The van der Waals surface area contributed by atoms with E-state index in [0.29, 0.717) is 0 Å². The van der Waals surface area contributed by atoms with E-state index < -0.39 is 0 Å². The molecule has 1 atom stereocenters. The molecule has 0 saturated heterocycles. The van der Waals surface area contributed by atoms with Crippen LogP contribution >= 0.6 is 27.5 Å². The van der Waals surface area contributed by atoms with Crippen molar-refractivity contribution in [3.05, 3.63) is 57.3 Å². The number of benzene rings is 1. The molecule has 1 heterocycles. The van der Waals surface area contributed by atoms with Gasteiger partial charge in [0.1, 0.15) is 5.75 Å². The maximum atomic E-state index is 6.34. The van der Waals surface area contributed by atoms with Gasteiger partial charge in [0.15, 0.2) is 0 Å². The largest absolute Gasteiger partial charge is 0.495 e. The quantitative estimate of drug-likeness (QED) is 0.872. The van der Waals surface area contributed by atoms with Crippen molar-refractivity contribution in [3.63, 3.8) is 0 Å². The molecule has 1 N–H and O–H groups in total. The highest BCUT2D eigenvalue weighted by Crippen LogP contribution is 2.31. The first-order chi connectivity index (χ1) is 9.65. The lowest BCUT2D eigenvalue weighted by atomic mass is 10.00. The molecule has 5 heteroatoms. The standard InChI is InChI=1S/C15H16BrClN2O/c1-3-19-15(10-6-12(20-2)9-18-8-10)13-7-11(16)4-5-14(13)17/h4-9,15,19H,3H2,1-2H3. The zero-order chi connectivity index (χ0) is 14.5. The van der Waals surface area contributed by atoms with Crippen LogP contribution in [0.25, 0.3) is 0 Å². The Morgan fingerprint density at radius 3 is 2.85 bits per heavy atom. The van der Waals surface area contributed by atoms with Crippen molar-refractivity contribution in [3.8, 4) is 5.75 Å². The third-order valence-corrected chi connectivity index (χ3v) is 3.82. The molecular weight excluding hydrogens is 340 g/mol. The minimum Gasteiger partial charge on any atom is -0.495 e. The number of halogens is 2. The molecule has 2 aromatic rings. The first kappa shape index (κ1) is 15.3. The number of methoxy groups -OCH3 is 1. The van der Waals surface area contributed by atoms with Crippen molar-refractivity contribution >= 4 is 27.5 Å². The molecule has 3 nitrogen and oxygen atoms in total. The van der Waals surface area contributed by atoms with Gasteiger partial charge in [-0.05, 0) is 41.9 Å². The summed E-state index contributed by atoms with van der Waals surface area (Å²) in [4.78, 5) is 4.22. The average molecular weight is 356 g/mol. The topological polar surface area (TPSA) is 34.2 Å². The van der Waals surface area contributed by atoms with E-state index in [9.17, 15) is 0 Å². The Balaban J connectivity index is 2.46. The number of ether oxygens (including phenoxy) is 1. The Morgan fingerprint density at radius 1 is 1.35 bits per heavy atom. The molecule has 106 valence electrons. The molecule has 0 amide bonds. The Labute approximate surface area is 132 Å². The summed E-state index contributed by atoms with van der Waals surface area (Å²) >= 11 is 9.83. The summed E-state index contributed by atoms with van der Waals surface area (Å²) in [6.45, 7) is 2.89. The fraction of sp³-hybridized carbons (Fsp3) is 0.267. The van der Waals surface area contributed by atoms with Gasteiger partial charge in [-0.2, -0.15) is 0 Å². The van der Waals surface area contributed by atoms with Crippen molar-refractivity contribution in [2.75, 3.05) is 13.7 Å². The van der Waals surface area contributed by atoms with Crippen LogP contribution in [0, 0.1) is 0 Å². The molecule has 0 spiro atoms. The van der Waals surface area contributed by atoms with E-state index in [1.807, 2.05) is 30.5 Å². The van der Waals surface area contributed by atoms with Gasteiger partial charge >= 0.3 is 0 Å². The van der Waals surface area contributed by atoms with Gasteiger partial charge < -0.3 is 10.1 Å². The second-order valence-electron chi connectivity index (χ2n) is 4.31. The first-order valence-electron chi connectivity index (χ1n) is 6.33. The summed E-state index contributed by atoms with van der Waals surface area (Å²) in [7, 11) is 1.63. The van der Waals surface area contributed by atoms with E-state index in [0.717, 1.165) is 32.9 Å². The van der Waals surface area contributed by atoms with Gasteiger partial charge in [-0.1, -0.05) is 34.5 Å². The van der Waals surface area contributed by atoms with E-state index in [-0.39, 0.29) is 6.04 Å². The first-order valence-corrected chi connectivity index (χ1v) is 7.50. The molecule has 0 saturated carbocycles. The highest BCUT2D eigenvalue weighted by molar-refractivity contribution is 9.10. The zero-order valence-corrected chi connectivity index (χ0v) is 13.7. The monoisotopic (exact) mass is 354 g/mol. The van der Waals surface area contributed by atoms with Crippen LogP contribution in [0.15, 0.2) is 41.1 Å². The van der Waals surface area contributed by atoms with Crippen LogP contribution in [-0.4, -0.2) is 18.6 Å². The van der Waals surface area contributed by atoms with Crippen molar-refractivity contribution in [1.82, 2.24) is 10.3 Å². The molecule has 2 rings (SSSR count). The summed E-state index contributed by atoms with van der Waals surface area (Å²) in [6.07, 6.45) is 3.52. The van der Waals surface area contributed by atoms with E-state index in [1.165, 1.54) is 0 Å². The predicted octanol–water partition coefficient (Wildman–Crippen LogP) is 4.21. The van der Waals surface area contributed by atoms with Crippen LogP contribution in [0.1, 0.15) is 24.1 Å². The lowest BCUT2D eigenvalue weighted by molar-refractivity contribution is 0.411. The molecule has 1 aromatic heterocycles. The number of aromatic nitrogens is 1. The highest BCUT2D eigenvalue weighted by atomic mass is 79.9. The second-order valence-corrected chi connectivity index (χ2v) is 5.64. The number of nitrogens with one attached hydrogen (secondary N) is 1. The molecule has 0 bridgehead atoms. The van der Waals surface area contributed by atoms with Crippen LogP contribution in [0.2, 0.25) is 5.02 Å². The van der Waals surface area contributed by atoms with E-state index in [4.69, 9.17) is 16.3 Å². The number of hydrogen-bond acceptors (Lipinski definition) is 3. The Kier molecular flexibility index (Phi) is 5.40. The average Bonchev–Trinajstić information content (AvgIpc) is 2.47. The molecule has 0 radical (unpaired) electrons.